The fraction of sp³-hybridized carbons (Fsp3) is 0.292. The lowest BCUT2D eigenvalue weighted by atomic mass is 9.99. The highest BCUT2D eigenvalue weighted by molar-refractivity contribution is 5.99. The predicted molar refractivity (Wildman–Crippen MR) is 118 cm³/mol. The van der Waals surface area contributed by atoms with Gasteiger partial charge in [-0.1, -0.05) is 0 Å². The van der Waals surface area contributed by atoms with Gasteiger partial charge in [0.1, 0.15) is 28.9 Å². The molecule has 2 aromatic heterocycles. The van der Waals surface area contributed by atoms with Crippen molar-refractivity contribution < 1.29 is 31.5 Å². The number of ether oxygens (including phenoxy) is 1. The average Bonchev–Trinajstić information content (AvgIpc) is 3.15. The Morgan fingerprint density at radius 2 is 1.86 bits per heavy atom. The Balaban J connectivity index is 1.68. The highest BCUT2D eigenvalue weighted by Gasteiger charge is 2.34. The summed E-state index contributed by atoms with van der Waals surface area (Å²) >= 11 is 0. The normalized spacial score (nSPS) is 14.2. The molecule has 0 unspecified atom stereocenters. The Bertz CT molecular complexity index is 1300. The summed E-state index contributed by atoms with van der Waals surface area (Å²) in [5, 5.41) is 3.02. The third-order valence-electron chi connectivity index (χ3n) is 5.88. The summed E-state index contributed by atoms with van der Waals surface area (Å²) in [6, 6.07) is 3.20. The van der Waals surface area contributed by atoms with E-state index in [1.807, 2.05) is 6.92 Å². The number of pyridine rings is 2. The van der Waals surface area contributed by atoms with Crippen LogP contribution in [0.15, 0.2) is 36.7 Å². The maximum absolute atomic E-state index is 15.1. The number of methoxy groups -OCH3 is 1. The number of nitrogens with zero attached hydrogens (tertiary/aromatic N) is 3. The molecule has 0 saturated heterocycles. The van der Waals surface area contributed by atoms with Crippen LogP contribution in [0.25, 0.3) is 11.1 Å². The van der Waals surface area contributed by atoms with Crippen LogP contribution < -0.4 is 10.1 Å². The quantitative estimate of drug-likeness (QED) is 0.454. The van der Waals surface area contributed by atoms with Crippen LogP contribution in [-0.2, 0) is 12.7 Å². The fourth-order valence-electron chi connectivity index (χ4n) is 4.02. The van der Waals surface area contributed by atoms with Crippen LogP contribution in [0.4, 0.5) is 27.8 Å². The molecule has 184 valence electrons. The van der Waals surface area contributed by atoms with Gasteiger partial charge in [-0.25, -0.2) is 18.7 Å². The molecule has 1 aliphatic heterocycles. The van der Waals surface area contributed by atoms with Gasteiger partial charge in [-0.2, -0.15) is 13.2 Å². The highest BCUT2D eigenvalue weighted by atomic mass is 19.4. The van der Waals surface area contributed by atoms with Crippen LogP contribution in [0.2, 0.25) is 0 Å². The zero-order chi connectivity index (χ0) is 25.5. The summed E-state index contributed by atoms with van der Waals surface area (Å²) < 4.78 is 74.6. The van der Waals surface area contributed by atoms with Crippen molar-refractivity contribution in [1.82, 2.24) is 14.9 Å². The summed E-state index contributed by atoms with van der Waals surface area (Å²) in [6.45, 7) is 4.29. The molecule has 3 heterocycles. The molecule has 11 heteroatoms. The Kier molecular flexibility index (Phi) is 6.35. The number of alkyl halides is 3. The van der Waals surface area contributed by atoms with Gasteiger partial charge in [0.15, 0.2) is 0 Å². The van der Waals surface area contributed by atoms with Gasteiger partial charge in [0.25, 0.3) is 5.91 Å². The Hall–Kier alpha value is -3.76. The van der Waals surface area contributed by atoms with Gasteiger partial charge in [0.05, 0.1) is 25.9 Å². The number of amides is 1. The molecule has 4 rings (SSSR count). The van der Waals surface area contributed by atoms with Crippen LogP contribution in [0.3, 0.4) is 0 Å². The molecule has 0 saturated carbocycles. The Morgan fingerprint density at radius 3 is 2.51 bits per heavy atom. The van der Waals surface area contributed by atoms with Crippen molar-refractivity contribution in [2.75, 3.05) is 19.0 Å². The molecule has 0 spiro atoms. The molecular formula is C24H21F5N4O2. The third-order valence-corrected chi connectivity index (χ3v) is 5.88. The lowest BCUT2D eigenvalue weighted by molar-refractivity contribution is -0.141. The molecule has 1 aliphatic rings. The second-order valence-corrected chi connectivity index (χ2v) is 7.99. The van der Waals surface area contributed by atoms with Crippen molar-refractivity contribution in [1.29, 1.82) is 0 Å². The number of benzene rings is 1. The lowest BCUT2D eigenvalue weighted by Crippen LogP contribution is -2.22. The van der Waals surface area contributed by atoms with Crippen LogP contribution in [0, 0.1) is 11.6 Å². The van der Waals surface area contributed by atoms with Crippen LogP contribution in [0.5, 0.6) is 5.75 Å². The van der Waals surface area contributed by atoms with E-state index in [0.29, 0.717) is 36.1 Å². The maximum Gasteiger partial charge on any atom is 0.433 e. The first kappa shape index (κ1) is 24.4. The molecule has 0 bridgehead atoms. The van der Waals surface area contributed by atoms with Crippen molar-refractivity contribution in [2.45, 2.75) is 32.6 Å². The molecule has 1 N–H and O–H groups in total. The average molecular weight is 492 g/mol. The van der Waals surface area contributed by atoms with E-state index in [2.05, 4.69) is 15.3 Å². The van der Waals surface area contributed by atoms with E-state index in [-0.39, 0.29) is 22.8 Å². The molecule has 1 atom stereocenters. The topological polar surface area (TPSA) is 67.3 Å². The second kappa shape index (κ2) is 9.12. The number of aromatic nitrogens is 2. The van der Waals surface area contributed by atoms with Gasteiger partial charge in [-0.05, 0) is 38.1 Å². The molecule has 3 aromatic rings. The highest BCUT2D eigenvalue weighted by Crippen LogP contribution is 2.38. The fourth-order valence-corrected chi connectivity index (χ4v) is 4.02. The van der Waals surface area contributed by atoms with Crippen LogP contribution >= 0.6 is 0 Å². The second-order valence-electron chi connectivity index (χ2n) is 7.99. The maximum atomic E-state index is 15.1. The minimum absolute atomic E-state index is 0.0635. The SMILES string of the molecule is CCN1Cc2c(ccnc2N[C@@H](C)c2cc(F)c(-c3cc(C(F)(F)F)ncc3OC)cc2F)C1=O. The van der Waals surface area contributed by atoms with E-state index < -0.39 is 35.1 Å². The van der Waals surface area contributed by atoms with E-state index in [1.165, 1.54) is 13.3 Å². The zero-order valence-electron chi connectivity index (χ0n) is 19.0. The number of rotatable bonds is 6. The predicted octanol–water partition coefficient (Wildman–Crippen LogP) is 5.60. The number of hydrogen-bond acceptors (Lipinski definition) is 5. The van der Waals surface area contributed by atoms with E-state index in [1.54, 1.807) is 17.9 Å². The Morgan fingerprint density at radius 1 is 1.11 bits per heavy atom. The molecular weight excluding hydrogens is 471 g/mol. The zero-order valence-corrected chi connectivity index (χ0v) is 19.0. The number of halogens is 5. The molecule has 0 aliphatic carbocycles. The third kappa shape index (κ3) is 4.50. The number of carbonyl (C=O) groups excluding carboxylic acids is 1. The van der Waals surface area contributed by atoms with Gasteiger partial charge < -0.3 is 15.0 Å². The van der Waals surface area contributed by atoms with Gasteiger partial charge in [0.2, 0.25) is 0 Å². The van der Waals surface area contributed by atoms with Crippen molar-refractivity contribution in [3.63, 3.8) is 0 Å². The van der Waals surface area contributed by atoms with Crippen LogP contribution in [0.1, 0.15) is 47.1 Å². The van der Waals surface area contributed by atoms with E-state index in [4.69, 9.17) is 4.74 Å². The lowest BCUT2D eigenvalue weighted by Gasteiger charge is -2.19. The standard InChI is InChI=1S/C24H21F5N4O2/c1-4-33-11-17-13(23(33)34)5-6-30-22(17)32-12(2)14-7-19(26)15(8-18(14)25)16-9-21(24(27,28)29)31-10-20(16)35-3/h5-10,12H,4,11H2,1-3H3,(H,30,32)/t12-/m0/s1. The van der Waals surface area contributed by atoms with Crippen LogP contribution in [-0.4, -0.2) is 34.4 Å². The molecule has 0 radical (unpaired) electrons. The first-order valence-electron chi connectivity index (χ1n) is 10.7. The summed E-state index contributed by atoms with van der Waals surface area (Å²) in [6.07, 6.45) is -2.50. The first-order chi connectivity index (χ1) is 16.5. The van der Waals surface area contributed by atoms with E-state index in [9.17, 15) is 18.0 Å². The summed E-state index contributed by atoms with van der Waals surface area (Å²) in [4.78, 5) is 21.6. The van der Waals surface area contributed by atoms with Gasteiger partial charge in [-0.3, -0.25) is 4.79 Å². The van der Waals surface area contributed by atoms with Gasteiger partial charge in [0, 0.05) is 40.6 Å². The van der Waals surface area contributed by atoms with E-state index in [0.717, 1.165) is 18.3 Å². The monoisotopic (exact) mass is 492 g/mol. The van der Waals surface area contributed by atoms with Gasteiger partial charge in [-0.15, -0.1) is 0 Å². The smallest absolute Gasteiger partial charge is 0.433 e. The summed E-state index contributed by atoms with van der Waals surface area (Å²) in [5.74, 6) is -1.68. The molecule has 0 fully saturated rings. The molecule has 35 heavy (non-hydrogen) atoms. The number of carbonyl (C=O) groups is 1. The molecule has 1 amide bonds. The summed E-state index contributed by atoms with van der Waals surface area (Å²) in [5.41, 5.74) is -0.850. The largest absolute Gasteiger partial charge is 0.494 e. The minimum Gasteiger partial charge on any atom is -0.494 e. The van der Waals surface area contributed by atoms with Crippen molar-refractivity contribution in [3.8, 4) is 16.9 Å². The van der Waals surface area contributed by atoms with E-state index >= 15 is 8.78 Å². The number of fused-ring (bicyclic) bond motifs is 1. The first-order valence-corrected chi connectivity index (χ1v) is 10.7. The van der Waals surface area contributed by atoms with Crippen molar-refractivity contribution >= 4 is 11.7 Å². The molecule has 6 nitrogen and oxygen atoms in total. The number of hydrogen-bond donors (Lipinski definition) is 1. The number of nitrogens with one attached hydrogen (secondary N) is 1. The molecule has 1 aromatic carbocycles. The van der Waals surface area contributed by atoms with Crippen molar-refractivity contribution in [2.24, 2.45) is 0 Å². The minimum atomic E-state index is -4.77. The van der Waals surface area contributed by atoms with Crippen molar-refractivity contribution in [3.05, 3.63) is 70.7 Å². The Labute approximate surface area is 197 Å². The number of anilines is 1. The summed E-state index contributed by atoms with van der Waals surface area (Å²) in [7, 11) is 1.19. The van der Waals surface area contributed by atoms with Gasteiger partial charge >= 0.3 is 6.18 Å².